The molecule has 3 aromatic carbocycles. The van der Waals surface area contributed by atoms with Crippen molar-refractivity contribution in [2.75, 3.05) is 24.5 Å². The van der Waals surface area contributed by atoms with Gasteiger partial charge < -0.3 is 10.2 Å². The lowest BCUT2D eigenvalue weighted by Gasteiger charge is -2.25. The minimum absolute atomic E-state index is 0.802. The Labute approximate surface area is 176 Å². The molecule has 0 saturated heterocycles. The smallest absolute Gasteiger partial charge is 0.0526 e. The zero-order chi connectivity index (χ0) is 19.2. The van der Waals surface area contributed by atoms with Gasteiger partial charge in [-0.15, -0.1) is 0 Å². The molecule has 0 atom stereocenters. The van der Waals surface area contributed by atoms with Crippen LogP contribution in [0.25, 0.3) is 0 Å². The van der Waals surface area contributed by atoms with Crippen LogP contribution in [0.2, 0.25) is 5.02 Å². The summed E-state index contributed by atoms with van der Waals surface area (Å²) >= 11 is 8.16. The Hall–Kier alpha value is -1.94. The van der Waals surface area contributed by atoms with Gasteiger partial charge in [0.1, 0.15) is 0 Å². The van der Waals surface area contributed by atoms with Crippen LogP contribution in [0.3, 0.4) is 0 Å². The van der Waals surface area contributed by atoms with E-state index in [-0.39, 0.29) is 0 Å². The molecule has 3 aromatic rings. The highest BCUT2D eigenvalue weighted by molar-refractivity contribution is 7.99. The lowest BCUT2D eigenvalue weighted by Crippen LogP contribution is -2.27. The van der Waals surface area contributed by atoms with Crippen molar-refractivity contribution in [2.24, 2.45) is 0 Å². The minimum atomic E-state index is 0.802. The van der Waals surface area contributed by atoms with Crippen LogP contribution in [0.5, 0.6) is 0 Å². The van der Waals surface area contributed by atoms with E-state index in [0.29, 0.717) is 0 Å². The zero-order valence-corrected chi connectivity index (χ0v) is 17.5. The van der Waals surface area contributed by atoms with Crippen LogP contribution in [0, 0.1) is 0 Å². The molecule has 1 N–H and O–H groups in total. The van der Waals surface area contributed by atoms with Gasteiger partial charge in [-0.05, 0) is 61.3 Å². The summed E-state index contributed by atoms with van der Waals surface area (Å²) < 4.78 is 0. The van der Waals surface area contributed by atoms with Gasteiger partial charge in [0.15, 0.2) is 0 Å². The summed E-state index contributed by atoms with van der Waals surface area (Å²) in [5.74, 6) is 0. The molecule has 2 nitrogen and oxygen atoms in total. The summed E-state index contributed by atoms with van der Waals surface area (Å²) in [6.07, 6.45) is 2.18. The Balaban J connectivity index is 1.36. The van der Waals surface area contributed by atoms with E-state index >= 15 is 0 Å². The normalized spacial score (nSPS) is 13.0. The Kier molecular flexibility index (Phi) is 6.58. The average molecular weight is 409 g/mol. The van der Waals surface area contributed by atoms with E-state index in [1.165, 1.54) is 26.6 Å². The molecule has 144 valence electrons. The first kappa shape index (κ1) is 19.4. The van der Waals surface area contributed by atoms with Gasteiger partial charge in [-0.1, -0.05) is 71.9 Å². The molecule has 1 aliphatic heterocycles. The van der Waals surface area contributed by atoms with Gasteiger partial charge in [0.2, 0.25) is 0 Å². The second-order valence-electron chi connectivity index (χ2n) is 7.08. The molecule has 1 aliphatic rings. The van der Waals surface area contributed by atoms with Crippen molar-refractivity contribution in [1.82, 2.24) is 5.32 Å². The summed E-state index contributed by atoms with van der Waals surface area (Å²) in [5, 5.41) is 4.39. The van der Waals surface area contributed by atoms with E-state index < -0.39 is 0 Å². The number of hydrogen-bond acceptors (Lipinski definition) is 3. The average Bonchev–Trinajstić information content (AvgIpc) is 2.88. The summed E-state index contributed by atoms with van der Waals surface area (Å²) in [6.45, 7) is 3.99. The van der Waals surface area contributed by atoms with Crippen LogP contribution in [0.15, 0.2) is 82.6 Å². The predicted molar refractivity (Wildman–Crippen MR) is 121 cm³/mol. The van der Waals surface area contributed by atoms with Gasteiger partial charge in [-0.2, -0.15) is 0 Å². The first-order chi connectivity index (χ1) is 13.8. The standard InChI is InChI=1S/C24H25ClN2S/c25-21-11-12-24-22(17-21)27(18-20-9-4-5-10-23(20)28-24)16-6-14-26-15-13-19-7-2-1-3-8-19/h1-5,7-12,17,26H,6,13-16,18H2. The molecule has 0 unspecified atom stereocenters. The van der Waals surface area contributed by atoms with Gasteiger partial charge >= 0.3 is 0 Å². The van der Waals surface area contributed by atoms with Gasteiger partial charge in [0, 0.05) is 27.9 Å². The van der Waals surface area contributed by atoms with E-state index in [9.17, 15) is 0 Å². The molecule has 0 aromatic heterocycles. The first-order valence-corrected chi connectivity index (χ1v) is 11.0. The van der Waals surface area contributed by atoms with E-state index in [0.717, 1.165) is 44.0 Å². The maximum absolute atomic E-state index is 6.32. The van der Waals surface area contributed by atoms with Crippen molar-refractivity contribution in [3.05, 3.63) is 88.9 Å². The van der Waals surface area contributed by atoms with Crippen LogP contribution in [-0.2, 0) is 13.0 Å². The molecule has 4 heteroatoms. The van der Waals surface area contributed by atoms with E-state index in [4.69, 9.17) is 11.6 Å². The molecule has 0 aliphatic carbocycles. The fraction of sp³-hybridized carbons (Fsp3) is 0.250. The molecule has 0 radical (unpaired) electrons. The van der Waals surface area contributed by atoms with Crippen molar-refractivity contribution >= 4 is 29.1 Å². The fourth-order valence-corrected chi connectivity index (χ4v) is 4.81. The van der Waals surface area contributed by atoms with E-state index in [1.807, 2.05) is 17.8 Å². The number of nitrogens with one attached hydrogen (secondary N) is 1. The minimum Gasteiger partial charge on any atom is -0.366 e. The maximum Gasteiger partial charge on any atom is 0.0526 e. The third-order valence-corrected chi connectivity index (χ3v) is 6.45. The van der Waals surface area contributed by atoms with Gasteiger partial charge in [0.25, 0.3) is 0 Å². The summed E-state index contributed by atoms with van der Waals surface area (Å²) in [5.41, 5.74) is 4.02. The number of anilines is 1. The summed E-state index contributed by atoms with van der Waals surface area (Å²) in [4.78, 5) is 5.10. The lowest BCUT2D eigenvalue weighted by atomic mass is 10.1. The van der Waals surface area contributed by atoms with Crippen molar-refractivity contribution in [1.29, 1.82) is 0 Å². The molecular weight excluding hydrogens is 384 g/mol. The molecule has 4 rings (SSSR count). The third-order valence-electron chi connectivity index (χ3n) is 5.03. The van der Waals surface area contributed by atoms with Crippen LogP contribution in [-0.4, -0.2) is 19.6 Å². The number of halogens is 1. The number of rotatable bonds is 7. The second-order valence-corrected chi connectivity index (χ2v) is 8.60. The molecule has 0 bridgehead atoms. The summed E-state index contributed by atoms with van der Waals surface area (Å²) in [6, 6.07) is 25.6. The molecule has 0 saturated carbocycles. The number of benzene rings is 3. The van der Waals surface area contributed by atoms with Crippen LogP contribution in [0.1, 0.15) is 17.5 Å². The maximum atomic E-state index is 6.32. The van der Waals surface area contributed by atoms with Gasteiger partial charge in [-0.3, -0.25) is 0 Å². The predicted octanol–water partition coefficient (Wildman–Crippen LogP) is 6.03. The third kappa shape index (κ3) is 4.91. The molecule has 0 fully saturated rings. The zero-order valence-electron chi connectivity index (χ0n) is 15.9. The molecule has 28 heavy (non-hydrogen) atoms. The van der Waals surface area contributed by atoms with E-state index in [1.54, 1.807) is 0 Å². The first-order valence-electron chi connectivity index (χ1n) is 9.84. The number of nitrogens with zero attached hydrogens (tertiary/aromatic N) is 1. The highest BCUT2D eigenvalue weighted by Crippen LogP contribution is 2.42. The largest absolute Gasteiger partial charge is 0.366 e. The van der Waals surface area contributed by atoms with Crippen molar-refractivity contribution in [2.45, 2.75) is 29.2 Å². The highest BCUT2D eigenvalue weighted by Gasteiger charge is 2.19. The second kappa shape index (κ2) is 9.51. The molecule has 1 heterocycles. The van der Waals surface area contributed by atoms with Crippen molar-refractivity contribution < 1.29 is 0 Å². The summed E-state index contributed by atoms with van der Waals surface area (Å²) in [7, 11) is 0. The Morgan fingerprint density at radius 1 is 0.893 bits per heavy atom. The van der Waals surface area contributed by atoms with Gasteiger partial charge in [0.05, 0.1) is 5.69 Å². The monoisotopic (exact) mass is 408 g/mol. The fourth-order valence-electron chi connectivity index (χ4n) is 3.56. The topological polar surface area (TPSA) is 15.3 Å². The van der Waals surface area contributed by atoms with Crippen molar-refractivity contribution in [3.63, 3.8) is 0 Å². The quantitative estimate of drug-likeness (QED) is 0.480. The molecule has 0 amide bonds. The van der Waals surface area contributed by atoms with Crippen LogP contribution >= 0.6 is 23.4 Å². The SMILES string of the molecule is Clc1ccc2c(c1)N(CCCNCCc1ccccc1)Cc1ccccc1S2. The van der Waals surface area contributed by atoms with Crippen molar-refractivity contribution in [3.8, 4) is 0 Å². The lowest BCUT2D eigenvalue weighted by molar-refractivity contribution is 0.629. The number of fused-ring (bicyclic) bond motifs is 2. The Morgan fingerprint density at radius 3 is 2.61 bits per heavy atom. The van der Waals surface area contributed by atoms with Crippen LogP contribution < -0.4 is 10.2 Å². The molecule has 0 spiro atoms. The van der Waals surface area contributed by atoms with E-state index in [2.05, 4.69) is 76.9 Å². The van der Waals surface area contributed by atoms with Crippen LogP contribution in [0.4, 0.5) is 5.69 Å². The highest BCUT2D eigenvalue weighted by atomic mass is 35.5. The van der Waals surface area contributed by atoms with Gasteiger partial charge in [-0.25, -0.2) is 0 Å². The molecular formula is C24H25ClN2S. The Bertz CT molecular complexity index is 913. The number of hydrogen-bond donors (Lipinski definition) is 1. The Morgan fingerprint density at radius 2 is 1.71 bits per heavy atom.